The molecule has 1 N–H and O–H groups in total. The Hall–Kier alpha value is -3.74. The first-order valence-electron chi connectivity index (χ1n) is 8.93. The Morgan fingerprint density at radius 1 is 1.04 bits per heavy atom. The highest BCUT2D eigenvalue weighted by Crippen LogP contribution is 2.31. The van der Waals surface area contributed by atoms with Crippen molar-refractivity contribution in [1.82, 2.24) is 14.6 Å². The summed E-state index contributed by atoms with van der Waals surface area (Å²) in [4.78, 5) is 41.8. The number of H-pyrrole nitrogens is 1. The number of hydrazone groups is 1. The molecule has 2 aromatic heterocycles. The number of nitrogens with one attached hydrogen (secondary N) is 1. The average molecular weight is 372 g/mol. The van der Waals surface area contributed by atoms with E-state index in [9.17, 15) is 14.4 Å². The summed E-state index contributed by atoms with van der Waals surface area (Å²) >= 11 is 0. The molecule has 4 aromatic rings. The summed E-state index contributed by atoms with van der Waals surface area (Å²) < 4.78 is 1.02. The molecule has 0 aliphatic carbocycles. The fourth-order valence-electron chi connectivity index (χ4n) is 3.82. The zero-order valence-electron chi connectivity index (χ0n) is 15.3. The summed E-state index contributed by atoms with van der Waals surface area (Å²) in [6.45, 7) is 3.66. The minimum atomic E-state index is -0.772. The van der Waals surface area contributed by atoms with Crippen molar-refractivity contribution in [2.24, 2.45) is 5.10 Å². The summed E-state index contributed by atoms with van der Waals surface area (Å²) in [6.07, 6.45) is 0.0725. The van der Waals surface area contributed by atoms with Crippen molar-refractivity contribution in [3.8, 4) is 0 Å². The van der Waals surface area contributed by atoms with Crippen LogP contribution in [0.1, 0.15) is 18.9 Å². The van der Waals surface area contributed by atoms with Gasteiger partial charge in [-0.3, -0.25) is 9.59 Å². The molecule has 2 aromatic carbocycles. The number of carbonyl (C=O) groups excluding carboxylic acids is 2. The van der Waals surface area contributed by atoms with Crippen LogP contribution in [0.3, 0.4) is 0 Å². The van der Waals surface area contributed by atoms with E-state index in [4.69, 9.17) is 0 Å². The van der Waals surface area contributed by atoms with Gasteiger partial charge in [-0.25, -0.2) is 9.36 Å². The van der Waals surface area contributed by atoms with Crippen molar-refractivity contribution in [1.29, 1.82) is 0 Å². The van der Waals surface area contributed by atoms with E-state index in [1.54, 1.807) is 19.1 Å². The lowest BCUT2D eigenvalue weighted by molar-refractivity contribution is -0.125. The highest BCUT2D eigenvalue weighted by molar-refractivity contribution is 6.21. The number of hydrogen-bond donors (Lipinski definition) is 1. The Morgan fingerprint density at radius 2 is 1.79 bits per heavy atom. The van der Waals surface area contributed by atoms with Crippen molar-refractivity contribution in [3.05, 3.63) is 58.4 Å². The van der Waals surface area contributed by atoms with Gasteiger partial charge >= 0.3 is 6.03 Å². The fraction of sp³-hybridized carbons (Fsp3) is 0.143. The normalized spacial score (nSPS) is 14.4. The second-order valence-electron chi connectivity index (χ2n) is 7.08. The van der Waals surface area contributed by atoms with E-state index in [0.29, 0.717) is 16.7 Å². The van der Waals surface area contributed by atoms with Crippen molar-refractivity contribution in [2.75, 3.05) is 0 Å². The number of carbonyl (C=O) groups is 2. The van der Waals surface area contributed by atoms with E-state index in [2.05, 4.69) is 10.1 Å². The molecule has 7 heteroatoms. The van der Waals surface area contributed by atoms with Crippen LogP contribution in [0.5, 0.6) is 0 Å². The number of fused-ring (bicyclic) bond motifs is 5. The first-order chi connectivity index (χ1) is 13.5. The van der Waals surface area contributed by atoms with Crippen molar-refractivity contribution < 1.29 is 9.59 Å². The van der Waals surface area contributed by atoms with Gasteiger partial charge in [0.2, 0.25) is 0 Å². The van der Waals surface area contributed by atoms with Crippen LogP contribution in [-0.4, -0.2) is 32.2 Å². The maximum absolute atomic E-state index is 13.2. The van der Waals surface area contributed by atoms with Gasteiger partial charge in [-0.2, -0.15) is 5.10 Å². The lowest BCUT2D eigenvalue weighted by Gasteiger charge is -2.13. The zero-order valence-corrected chi connectivity index (χ0v) is 15.3. The van der Waals surface area contributed by atoms with Gasteiger partial charge in [0.15, 0.2) is 0 Å². The molecule has 28 heavy (non-hydrogen) atoms. The van der Waals surface area contributed by atoms with Crippen LogP contribution in [0, 0.1) is 6.92 Å². The number of aromatic nitrogens is 2. The number of nitrogens with zero attached hydrogens (tertiary/aromatic N) is 3. The van der Waals surface area contributed by atoms with Crippen LogP contribution in [0.25, 0.3) is 32.7 Å². The highest BCUT2D eigenvalue weighted by Gasteiger charge is 2.31. The monoisotopic (exact) mass is 372 g/mol. The maximum Gasteiger partial charge on any atom is 0.360 e. The molecule has 2 amide bonds. The van der Waals surface area contributed by atoms with Crippen LogP contribution in [0.2, 0.25) is 0 Å². The second-order valence-corrected chi connectivity index (χ2v) is 7.08. The molecule has 0 bridgehead atoms. The third-order valence-corrected chi connectivity index (χ3v) is 5.07. The number of rotatable bonds is 0. The minimum Gasteiger partial charge on any atom is -0.340 e. The number of pyridine rings is 1. The summed E-state index contributed by atoms with van der Waals surface area (Å²) in [5.41, 5.74) is 2.29. The largest absolute Gasteiger partial charge is 0.360 e. The van der Waals surface area contributed by atoms with E-state index in [0.717, 1.165) is 36.8 Å². The Balaban J connectivity index is 1.95. The highest BCUT2D eigenvalue weighted by atomic mass is 16.2. The van der Waals surface area contributed by atoms with Crippen LogP contribution < -0.4 is 5.56 Å². The zero-order chi connectivity index (χ0) is 19.6. The van der Waals surface area contributed by atoms with E-state index < -0.39 is 17.5 Å². The average Bonchev–Trinajstić information content (AvgIpc) is 3.20. The molecule has 138 valence electrons. The third kappa shape index (κ3) is 2.16. The van der Waals surface area contributed by atoms with E-state index >= 15 is 0 Å². The molecule has 1 aliphatic heterocycles. The van der Waals surface area contributed by atoms with Gasteiger partial charge in [-0.1, -0.05) is 29.8 Å². The topological polar surface area (TPSA) is 87.5 Å². The molecule has 0 unspecified atom stereocenters. The van der Waals surface area contributed by atoms with E-state index in [-0.39, 0.29) is 6.42 Å². The Bertz CT molecular complexity index is 1420. The molecular formula is C21H16N4O3. The van der Waals surface area contributed by atoms with Crippen LogP contribution >= 0.6 is 0 Å². The van der Waals surface area contributed by atoms with Crippen LogP contribution in [0.4, 0.5) is 4.79 Å². The first kappa shape index (κ1) is 16.4. The molecule has 1 aliphatic rings. The molecular weight excluding hydrogens is 356 g/mol. The third-order valence-electron chi connectivity index (χ3n) is 5.07. The van der Waals surface area contributed by atoms with Gasteiger partial charge in [0.1, 0.15) is 5.65 Å². The van der Waals surface area contributed by atoms with E-state index in [1.165, 1.54) is 0 Å². The number of benzene rings is 2. The van der Waals surface area contributed by atoms with Crippen LogP contribution in [-0.2, 0) is 4.79 Å². The predicted molar refractivity (Wildman–Crippen MR) is 108 cm³/mol. The maximum atomic E-state index is 13.2. The molecule has 0 fully saturated rings. The Labute approximate surface area is 158 Å². The lowest BCUT2D eigenvalue weighted by atomic mass is 10.1. The quantitative estimate of drug-likeness (QED) is 0.512. The standard InChI is InChI=1S/C21H16N4O3/c1-11-7-8-16-15(9-11)18-13-5-3-4-6-14(13)20(27)24(19(18)22-16)21(28)25-17(26)10-12(2)23-25/h3-9,22H,10H2,1-2H3. The number of amides is 2. The molecule has 5 rings (SSSR count). The van der Waals surface area contributed by atoms with Gasteiger partial charge < -0.3 is 4.98 Å². The van der Waals surface area contributed by atoms with Crippen molar-refractivity contribution in [3.63, 3.8) is 0 Å². The SMILES string of the molecule is CC1=NN(C(=O)n2c(=O)c3ccccc3c3c4cc(C)ccc4[nH]c32)C(=O)C1. The number of aryl methyl sites for hydroxylation is 1. The summed E-state index contributed by atoms with van der Waals surface area (Å²) in [6, 6.07) is 12.3. The van der Waals surface area contributed by atoms with Crippen LogP contribution in [0.15, 0.2) is 52.4 Å². The Morgan fingerprint density at radius 3 is 2.50 bits per heavy atom. The number of hydrogen-bond acceptors (Lipinski definition) is 4. The Kier molecular flexibility index (Phi) is 3.30. The van der Waals surface area contributed by atoms with Gasteiger partial charge in [0.05, 0.1) is 6.42 Å². The second kappa shape index (κ2) is 5.63. The summed E-state index contributed by atoms with van der Waals surface area (Å²) in [5, 5.41) is 7.66. The molecule has 0 saturated heterocycles. The molecule has 0 radical (unpaired) electrons. The minimum absolute atomic E-state index is 0.0725. The number of aromatic amines is 1. The smallest absolute Gasteiger partial charge is 0.340 e. The molecule has 0 atom stereocenters. The lowest BCUT2D eigenvalue weighted by Crippen LogP contribution is -2.38. The summed E-state index contributed by atoms with van der Waals surface area (Å²) in [7, 11) is 0. The van der Waals surface area contributed by atoms with E-state index in [1.807, 2.05) is 37.3 Å². The van der Waals surface area contributed by atoms with Gasteiger partial charge in [0.25, 0.3) is 11.5 Å². The molecule has 0 saturated carbocycles. The van der Waals surface area contributed by atoms with Gasteiger partial charge in [-0.15, -0.1) is 5.01 Å². The fourth-order valence-corrected chi connectivity index (χ4v) is 3.82. The summed E-state index contributed by atoms with van der Waals surface area (Å²) in [5.74, 6) is -0.442. The molecule has 3 heterocycles. The number of imide groups is 1. The van der Waals surface area contributed by atoms with Crippen molar-refractivity contribution >= 4 is 50.4 Å². The first-order valence-corrected chi connectivity index (χ1v) is 8.93. The van der Waals surface area contributed by atoms with Gasteiger partial charge in [-0.05, 0) is 37.4 Å². The molecule has 0 spiro atoms. The van der Waals surface area contributed by atoms with Gasteiger partial charge in [0, 0.05) is 27.4 Å². The molecule has 7 nitrogen and oxygen atoms in total. The van der Waals surface area contributed by atoms with Crippen molar-refractivity contribution in [2.45, 2.75) is 20.3 Å². The predicted octanol–water partition coefficient (Wildman–Crippen LogP) is 3.52.